The van der Waals surface area contributed by atoms with Gasteiger partial charge in [-0.25, -0.2) is 0 Å². The van der Waals surface area contributed by atoms with Gasteiger partial charge in [0.2, 0.25) is 0 Å². The third kappa shape index (κ3) is 0.454. The maximum Gasteiger partial charge on any atom is 0.0106 e. The molecule has 1 spiro atoms. The summed E-state index contributed by atoms with van der Waals surface area (Å²) in [6.45, 7) is 4.70. The van der Waals surface area contributed by atoms with Crippen LogP contribution in [-0.4, -0.2) is 6.04 Å². The highest BCUT2D eigenvalue weighted by Crippen LogP contribution is 2.70. The summed E-state index contributed by atoms with van der Waals surface area (Å²) in [5.41, 5.74) is 7.07. The number of nitrogens with two attached hydrogens (primary N) is 1. The van der Waals surface area contributed by atoms with E-state index in [1.807, 2.05) is 0 Å². The molecule has 0 heterocycles. The van der Waals surface area contributed by atoms with E-state index in [4.69, 9.17) is 5.73 Å². The van der Waals surface area contributed by atoms with Gasteiger partial charge >= 0.3 is 0 Å². The van der Waals surface area contributed by atoms with Crippen molar-refractivity contribution in [3.63, 3.8) is 0 Å². The lowest BCUT2D eigenvalue weighted by atomic mass is 9.56. The zero-order chi connectivity index (χ0) is 6.70. The van der Waals surface area contributed by atoms with Gasteiger partial charge in [-0.2, -0.15) is 0 Å². The van der Waals surface area contributed by atoms with E-state index in [2.05, 4.69) is 13.8 Å². The molecule has 2 N–H and O–H groups in total. The normalized spacial score (nSPS) is 42.3. The molecular weight excluding hydrogens is 110 g/mol. The third-order valence-electron chi connectivity index (χ3n) is 3.58. The van der Waals surface area contributed by atoms with Gasteiger partial charge < -0.3 is 5.73 Å². The molecule has 2 fully saturated rings. The highest BCUT2D eigenvalue weighted by atomic mass is 14.8. The minimum atomic E-state index is 0.535. The van der Waals surface area contributed by atoms with Crippen LogP contribution in [0, 0.1) is 10.8 Å². The van der Waals surface area contributed by atoms with Crippen molar-refractivity contribution >= 4 is 0 Å². The molecule has 2 aliphatic carbocycles. The average molecular weight is 125 g/mol. The maximum atomic E-state index is 5.89. The van der Waals surface area contributed by atoms with E-state index in [-0.39, 0.29) is 0 Å². The van der Waals surface area contributed by atoms with E-state index in [0.717, 1.165) is 0 Å². The van der Waals surface area contributed by atoms with E-state index in [1.165, 1.54) is 19.3 Å². The fourth-order valence-electron chi connectivity index (χ4n) is 2.50. The Morgan fingerprint density at radius 3 is 2.00 bits per heavy atom. The molecule has 0 aliphatic heterocycles. The topological polar surface area (TPSA) is 26.0 Å². The molecule has 0 bridgehead atoms. The van der Waals surface area contributed by atoms with Crippen LogP contribution in [0.2, 0.25) is 0 Å². The van der Waals surface area contributed by atoms with E-state index >= 15 is 0 Å². The first-order chi connectivity index (χ1) is 4.08. The molecule has 0 saturated heterocycles. The van der Waals surface area contributed by atoms with Crippen LogP contribution in [0.4, 0.5) is 0 Å². The highest BCUT2D eigenvalue weighted by molar-refractivity contribution is 5.18. The van der Waals surface area contributed by atoms with Crippen LogP contribution in [0.5, 0.6) is 0 Å². The van der Waals surface area contributed by atoms with E-state index in [9.17, 15) is 0 Å². The van der Waals surface area contributed by atoms with Crippen molar-refractivity contribution in [3.8, 4) is 0 Å². The Bertz CT molecular complexity index is 145. The SMILES string of the molecule is CC1(C)CC(N)C12CC2. The molecule has 0 aromatic heterocycles. The summed E-state index contributed by atoms with van der Waals surface area (Å²) in [7, 11) is 0. The molecule has 0 amide bonds. The second-order valence-electron chi connectivity index (χ2n) is 4.35. The molecule has 0 aromatic carbocycles. The minimum absolute atomic E-state index is 0.535. The second kappa shape index (κ2) is 1.20. The Kier molecular flexibility index (Phi) is 0.760. The van der Waals surface area contributed by atoms with Gasteiger partial charge in [0.05, 0.1) is 0 Å². The van der Waals surface area contributed by atoms with Gasteiger partial charge in [-0.3, -0.25) is 0 Å². The lowest BCUT2D eigenvalue weighted by molar-refractivity contribution is 0.0161. The van der Waals surface area contributed by atoms with E-state index in [0.29, 0.717) is 16.9 Å². The van der Waals surface area contributed by atoms with Crippen molar-refractivity contribution in [2.75, 3.05) is 0 Å². The van der Waals surface area contributed by atoms with Gasteiger partial charge in [0.1, 0.15) is 0 Å². The summed E-state index contributed by atoms with van der Waals surface area (Å²) in [6.07, 6.45) is 4.02. The highest BCUT2D eigenvalue weighted by Gasteiger charge is 2.65. The van der Waals surface area contributed by atoms with Gasteiger partial charge in [0.15, 0.2) is 0 Å². The van der Waals surface area contributed by atoms with E-state index < -0.39 is 0 Å². The zero-order valence-electron chi connectivity index (χ0n) is 6.28. The first-order valence-electron chi connectivity index (χ1n) is 3.84. The summed E-state index contributed by atoms with van der Waals surface area (Å²) in [4.78, 5) is 0. The van der Waals surface area contributed by atoms with Crippen LogP contribution in [0.15, 0.2) is 0 Å². The predicted octanol–water partition coefficient (Wildman–Crippen LogP) is 1.52. The molecule has 52 valence electrons. The summed E-state index contributed by atoms with van der Waals surface area (Å²) in [5, 5.41) is 0. The van der Waals surface area contributed by atoms with E-state index in [1.54, 1.807) is 0 Å². The Hall–Kier alpha value is -0.0400. The first kappa shape index (κ1) is 5.72. The van der Waals surface area contributed by atoms with Crippen molar-refractivity contribution in [2.24, 2.45) is 16.6 Å². The summed E-state index contributed by atoms with van der Waals surface area (Å²) < 4.78 is 0. The zero-order valence-corrected chi connectivity index (χ0v) is 6.28. The summed E-state index contributed by atoms with van der Waals surface area (Å²) in [6, 6.07) is 0.535. The van der Waals surface area contributed by atoms with Gasteiger partial charge in [-0.15, -0.1) is 0 Å². The molecule has 2 saturated carbocycles. The number of rotatable bonds is 0. The minimum Gasteiger partial charge on any atom is -0.327 e. The summed E-state index contributed by atoms with van der Waals surface area (Å²) in [5.74, 6) is 0. The average Bonchev–Trinajstić information content (AvgIpc) is 2.40. The number of hydrogen-bond donors (Lipinski definition) is 1. The Labute approximate surface area is 56.6 Å². The largest absolute Gasteiger partial charge is 0.327 e. The van der Waals surface area contributed by atoms with Crippen molar-refractivity contribution in [2.45, 2.75) is 39.2 Å². The molecule has 1 heteroatoms. The van der Waals surface area contributed by atoms with Crippen molar-refractivity contribution in [1.82, 2.24) is 0 Å². The van der Waals surface area contributed by atoms with Crippen molar-refractivity contribution in [3.05, 3.63) is 0 Å². The van der Waals surface area contributed by atoms with Crippen LogP contribution < -0.4 is 5.73 Å². The fraction of sp³-hybridized carbons (Fsp3) is 1.00. The quantitative estimate of drug-likeness (QED) is 0.522. The summed E-state index contributed by atoms with van der Waals surface area (Å²) >= 11 is 0. The maximum absolute atomic E-state index is 5.89. The lowest BCUT2D eigenvalue weighted by Gasteiger charge is -2.51. The van der Waals surface area contributed by atoms with Crippen molar-refractivity contribution in [1.29, 1.82) is 0 Å². The molecule has 0 aromatic rings. The second-order valence-corrected chi connectivity index (χ2v) is 4.35. The number of hydrogen-bond acceptors (Lipinski definition) is 1. The van der Waals surface area contributed by atoms with Gasteiger partial charge in [0, 0.05) is 6.04 Å². The standard InChI is InChI=1S/C8H15N/c1-7(2)5-6(9)8(7)3-4-8/h6H,3-5,9H2,1-2H3. The van der Waals surface area contributed by atoms with Crippen LogP contribution in [0.3, 0.4) is 0 Å². The van der Waals surface area contributed by atoms with Gasteiger partial charge in [-0.05, 0) is 30.1 Å². The molecular formula is C8H15N. The van der Waals surface area contributed by atoms with Crippen LogP contribution in [0.1, 0.15) is 33.1 Å². The smallest absolute Gasteiger partial charge is 0.0106 e. The third-order valence-corrected chi connectivity index (χ3v) is 3.58. The molecule has 2 rings (SSSR count). The Morgan fingerprint density at radius 2 is 1.89 bits per heavy atom. The van der Waals surface area contributed by atoms with Gasteiger partial charge in [0.25, 0.3) is 0 Å². The predicted molar refractivity (Wildman–Crippen MR) is 38.0 cm³/mol. The van der Waals surface area contributed by atoms with Crippen LogP contribution in [0.25, 0.3) is 0 Å². The van der Waals surface area contributed by atoms with Crippen LogP contribution >= 0.6 is 0 Å². The van der Waals surface area contributed by atoms with Crippen LogP contribution in [-0.2, 0) is 0 Å². The molecule has 1 nitrogen and oxygen atoms in total. The Morgan fingerprint density at radius 1 is 1.33 bits per heavy atom. The molecule has 1 atom stereocenters. The molecule has 0 radical (unpaired) electrons. The molecule has 9 heavy (non-hydrogen) atoms. The van der Waals surface area contributed by atoms with Crippen molar-refractivity contribution < 1.29 is 0 Å². The fourth-order valence-corrected chi connectivity index (χ4v) is 2.50. The van der Waals surface area contributed by atoms with Gasteiger partial charge in [-0.1, -0.05) is 13.8 Å². The monoisotopic (exact) mass is 125 g/mol. The first-order valence-corrected chi connectivity index (χ1v) is 3.84. The lowest BCUT2D eigenvalue weighted by Crippen LogP contribution is -2.54. The Balaban J connectivity index is 2.20. The molecule has 1 unspecified atom stereocenters. The molecule has 2 aliphatic rings.